The summed E-state index contributed by atoms with van der Waals surface area (Å²) in [6, 6.07) is 2.53. The molecule has 0 amide bonds. The van der Waals surface area contributed by atoms with Crippen LogP contribution in [0.1, 0.15) is 19.3 Å². The van der Waals surface area contributed by atoms with Crippen LogP contribution in [0.15, 0.2) is 12.1 Å². The molecule has 1 saturated carbocycles. The third kappa shape index (κ3) is 2.32. The van der Waals surface area contributed by atoms with Crippen LogP contribution in [0.25, 0.3) is 0 Å². The maximum atomic E-state index is 13.6. The summed E-state index contributed by atoms with van der Waals surface area (Å²) in [7, 11) is 0. The molecular weight excluding hydrogens is 241 g/mol. The zero-order valence-electron chi connectivity index (χ0n) is 9.93. The summed E-state index contributed by atoms with van der Waals surface area (Å²) < 4.78 is 39.9. The van der Waals surface area contributed by atoms with Crippen molar-refractivity contribution >= 4 is 5.69 Å². The molecular formula is C13H15F3N2. The fourth-order valence-electron chi connectivity index (χ4n) is 2.47. The lowest BCUT2D eigenvalue weighted by Crippen LogP contribution is -2.34. The molecule has 5 heteroatoms. The standard InChI is InChI=1S/C13H15F3N2/c14-8-5-11(15)13(16)12(6-8)18-4-3-10(7-18)17-9-1-2-9/h5-6,9-10,17H,1-4,7H2. The zero-order valence-corrected chi connectivity index (χ0v) is 9.93. The highest BCUT2D eigenvalue weighted by atomic mass is 19.2. The van der Waals surface area contributed by atoms with Crippen LogP contribution >= 0.6 is 0 Å². The van der Waals surface area contributed by atoms with E-state index in [4.69, 9.17) is 0 Å². The molecule has 0 radical (unpaired) electrons. The Balaban J connectivity index is 1.75. The number of rotatable bonds is 3. The number of hydrogen-bond donors (Lipinski definition) is 1. The molecule has 2 aliphatic rings. The van der Waals surface area contributed by atoms with Gasteiger partial charge in [0, 0.05) is 37.3 Å². The van der Waals surface area contributed by atoms with Gasteiger partial charge in [-0.3, -0.25) is 0 Å². The third-order valence-electron chi connectivity index (χ3n) is 3.55. The summed E-state index contributed by atoms with van der Waals surface area (Å²) in [5.41, 5.74) is 0.0348. The van der Waals surface area contributed by atoms with Gasteiger partial charge in [-0.1, -0.05) is 0 Å². The molecule has 98 valence electrons. The Hall–Kier alpha value is -1.23. The predicted molar refractivity (Wildman–Crippen MR) is 63.1 cm³/mol. The maximum Gasteiger partial charge on any atom is 0.182 e. The van der Waals surface area contributed by atoms with Gasteiger partial charge in [-0.05, 0) is 19.3 Å². The number of benzene rings is 1. The normalized spacial score (nSPS) is 23.7. The Morgan fingerprint density at radius 2 is 1.83 bits per heavy atom. The second kappa shape index (κ2) is 4.46. The van der Waals surface area contributed by atoms with Crippen molar-refractivity contribution in [1.29, 1.82) is 0 Å². The predicted octanol–water partition coefficient (Wildman–Crippen LogP) is 2.43. The first-order valence-electron chi connectivity index (χ1n) is 6.29. The van der Waals surface area contributed by atoms with Crippen LogP contribution in [0.2, 0.25) is 0 Å². The van der Waals surface area contributed by atoms with Crippen molar-refractivity contribution in [2.24, 2.45) is 0 Å². The fourth-order valence-corrected chi connectivity index (χ4v) is 2.47. The van der Waals surface area contributed by atoms with E-state index in [1.54, 1.807) is 4.90 Å². The highest BCUT2D eigenvalue weighted by Crippen LogP contribution is 2.28. The molecule has 0 bridgehead atoms. The summed E-state index contributed by atoms with van der Waals surface area (Å²) >= 11 is 0. The minimum absolute atomic E-state index is 0.0348. The van der Waals surface area contributed by atoms with E-state index < -0.39 is 17.5 Å². The van der Waals surface area contributed by atoms with Gasteiger partial charge in [0.25, 0.3) is 0 Å². The monoisotopic (exact) mass is 256 g/mol. The topological polar surface area (TPSA) is 15.3 Å². The largest absolute Gasteiger partial charge is 0.367 e. The molecule has 2 nitrogen and oxygen atoms in total. The number of nitrogens with one attached hydrogen (secondary N) is 1. The molecule has 0 aromatic heterocycles. The molecule has 1 heterocycles. The van der Waals surface area contributed by atoms with Crippen LogP contribution in [-0.2, 0) is 0 Å². The SMILES string of the molecule is Fc1cc(F)c(F)c(N2CCC(NC3CC3)C2)c1. The van der Waals surface area contributed by atoms with Gasteiger partial charge in [-0.25, -0.2) is 13.2 Å². The van der Waals surface area contributed by atoms with Gasteiger partial charge in [0.2, 0.25) is 0 Å². The van der Waals surface area contributed by atoms with Crippen molar-refractivity contribution in [1.82, 2.24) is 5.32 Å². The van der Waals surface area contributed by atoms with Crippen LogP contribution in [-0.4, -0.2) is 25.2 Å². The van der Waals surface area contributed by atoms with E-state index >= 15 is 0 Å². The van der Waals surface area contributed by atoms with E-state index in [0.29, 0.717) is 31.2 Å². The lowest BCUT2D eigenvalue weighted by atomic mass is 10.2. The lowest BCUT2D eigenvalue weighted by Gasteiger charge is -2.20. The summed E-state index contributed by atoms with van der Waals surface area (Å²) in [5.74, 6) is -2.81. The maximum absolute atomic E-state index is 13.6. The fraction of sp³-hybridized carbons (Fsp3) is 0.538. The van der Waals surface area contributed by atoms with Crippen molar-refractivity contribution in [3.8, 4) is 0 Å². The summed E-state index contributed by atoms with van der Waals surface area (Å²) in [6.45, 7) is 1.24. The molecule has 1 aromatic carbocycles. The second-order valence-electron chi connectivity index (χ2n) is 5.09. The molecule has 1 N–H and O–H groups in total. The highest BCUT2D eigenvalue weighted by molar-refractivity contribution is 5.49. The molecule has 1 aliphatic carbocycles. The van der Waals surface area contributed by atoms with Gasteiger partial charge in [-0.2, -0.15) is 0 Å². The second-order valence-corrected chi connectivity index (χ2v) is 5.09. The molecule has 3 rings (SSSR count). The van der Waals surface area contributed by atoms with E-state index in [2.05, 4.69) is 5.32 Å². The zero-order chi connectivity index (χ0) is 12.7. The first kappa shape index (κ1) is 11.8. The average molecular weight is 256 g/mol. The Labute approximate surface area is 104 Å². The summed E-state index contributed by atoms with van der Waals surface area (Å²) in [5, 5.41) is 3.45. The Kier molecular flexibility index (Phi) is 2.93. The third-order valence-corrected chi connectivity index (χ3v) is 3.55. The Morgan fingerprint density at radius 1 is 1.06 bits per heavy atom. The molecule has 0 spiro atoms. The van der Waals surface area contributed by atoms with Crippen LogP contribution in [0.4, 0.5) is 18.9 Å². The van der Waals surface area contributed by atoms with Gasteiger partial charge >= 0.3 is 0 Å². The highest BCUT2D eigenvalue weighted by Gasteiger charge is 2.30. The first-order chi connectivity index (χ1) is 8.63. The lowest BCUT2D eigenvalue weighted by molar-refractivity contribution is 0.493. The van der Waals surface area contributed by atoms with Crippen molar-refractivity contribution in [2.45, 2.75) is 31.3 Å². The van der Waals surface area contributed by atoms with Crippen LogP contribution in [0.5, 0.6) is 0 Å². The summed E-state index contributed by atoms with van der Waals surface area (Å²) in [6.07, 6.45) is 3.27. The van der Waals surface area contributed by atoms with Gasteiger partial charge in [-0.15, -0.1) is 0 Å². The van der Waals surface area contributed by atoms with E-state index in [1.807, 2.05) is 0 Å². The van der Waals surface area contributed by atoms with Crippen LogP contribution in [0, 0.1) is 17.5 Å². The summed E-state index contributed by atoms with van der Waals surface area (Å²) in [4.78, 5) is 1.71. The number of anilines is 1. The minimum atomic E-state index is -1.12. The van der Waals surface area contributed by atoms with Gasteiger partial charge in [0.05, 0.1) is 5.69 Å². The Bertz CT molecular complexity index is 460. The Morgan fingerprint density at radius 3 is 2.56 bits per heavy atom. The molecule has 1 aliphatic heterocycles. The van der Waals surface area contributed by atoms with Gasteiger partial charge < -0.3 is 10.2 Å². The van der Waals surface area contributed by atoms with Gasteiger partial charge in [0.1, 0.15) is 5.82 Å². The van der Waals surface area contributed by atoms with Gasteiger partial charge in [0.15, 0.2) is 11.6 Å². The first-order valence-corrected chi connectivity index (χ1v) is 6.29. The van der Waals surface area contributed by atoms with Crippen LogP contribution in [0.3, 0.4) is 0 Å². The van der Waals surface area contributed by atoms with E-state index in [1.165, 1.54) is 12.8 Å². The van der Waals surface area contributed by atoms with Crippen molar-refractivity contribution in [3.63, 3.8) is 0 Å². The van der Waals surface area contributed by atoms with Crippen molar-refractivity contribution < 1.29 is 13.2 Å². The molecule has 1 saturated heterocycles. The number of halogens is 3. The van der Waals surface area contributed by atoms with Crippen molar-refractivity contribution in [2.75, 3.05) is 18.0 Å². The van der Waals surface area contributed by atoms with Crippen molar-refractivity contribution in [3.05, 3.63) is 29.6 Å². The molecule has 2 fully saturated rings. The molecule has 18 heavy (non-hydrogen) atoms. The quantitative estimate of drug-likeness (QED) is 0.836. The molecule has 1 atom stereocenters. The molecule has 1 aromatic rings. The molecule has 1 unspecified atom stereocenters. The number of hydrogen-bond acceptors (Lipinski definition) is 2. The van der Waals surface area contributed by atoms with E-state index in [-0.39, 0.29) is 5.69 Å². The number of nitrogens with zero attached hydrogens (tertiary/aromatic N) is 1. The van der Waals surface area contributed by atoms with Crippen LogP contribution < -0.4 is 10.2 Å². The minimum Gasteiger partial charge on any atom is -0.367 e. The van der Waals surface area contributed by atoms with E-state index in [0.717, 1.165) is 12.5 Å². The average Bonchev–Trinajstić information content (AvgIpc) is 3.00. The smallest absolute Gasteiger partial charge is 0.182 e. The van der Waals surface area contributed by atoms with E-state index in [9.17, 15) is 13.2 Å².